The molecule has 0 N–H and O–H groups in total. The minimum absolute atomic E-state index is 0.237. The van der Waals surface area contributed by atoms with Crippen LogP contribution in [0.25, 0.3) is 0 Å². The highest BCUT2D eigenvalue weighted by Crippen LogP contribution is 2.25. The molecule has 0 spiro atoms. The molecule has 1 heterocycles. The number of pyridine rings is 1. The lowest BCUT2D eigenvalue weighted by molar-refractivity contribution is 0.456. The van der Waals surface area contributed by atoms with E-state index in [1.807, 2.05) is 12.1 Å². The number of ether oxygens (including phenoxy) is 1. The van der Waals surface area contributed by atoms with Gasteiger partial charge < -0.3 is 4.74 Å². The van der Waals surface area contributed by atoms with Crippen LogP contribution in [0.5, 0.6) is 11.6 Å². The molecule has 17 heavy (non-hydrogen) atoms. The molecule has 2 aromatic rings. The largest absolute Gasteiger partial charge is 0.439 e. The van der Waals surface area contributed by atoms with Crippen molar-refractivity contribution >= 4 is 15.9 Å². The molecule has 0 saturated carbocycles. The van der Waals surface area contributed by atoms with Gasteiger partial charge in [-0.25, -0.2) is 9.37 Å². The zero-order chi connectivity index (χ0) is 12.3. The third-order valence-electron chi connectivity index (χ3n) is 2.34. The molecule has 2 rings (SSSR count). The number of hydrogen-bond donors (Lipinski definition) is 0. The van der Waals surface area contributed by atoms with Crippen LogP contribution in [0.3, 0.4) is 0 Å². The van der Waals surface area contributed by atoms with Gasteiger partial charge in [0.15, 0.2) is 0 Å². The summed E-state index contributed by atoms with van der Waals surface area (Å²) in [5.41, 5.74) is 1.51. The van der Waals surface area contributed by atoms with Gasteiger partial charge in [-0.15, -0.1) is 0 Å². The second-order valence-corrected chi connectivity index (χ2v) is 4.18. The first kappa shape index (κ1) is 12.0. The highest BCUT2D eigenvalue weighted by molar-refractivity contribution is 9.08. The van der Waals surface area contributed by atoms with Crippen molar-refractivity contribution in [1.29, 1.82) is 0 Å². The number of nitrogens with zero attached hydrogens (tertiary/aromatic N) is 1. The maximum absolute atomic E-state index is 13.1. The molecule has 0 fully saturated rings. The minimum atomic E-state index is -0.237. The third kappa shape index (κ3) is 2.82. The number of aryl methyl sites for hydroxylation is 1. The van der Waals surface area contributed by atoms with E-state index in [4.69, 9.17) is 4.74 Å². The van der Waals surface area contributed by atoms with E-state index in [1.165, 1.54) is 6.07 Å². The maximum Gasteiger partial charge on any atom is 0.223 e. The molecule has 0 atom stereocenters. The van der Waals surface area contributed by atoms with E-state index in [0.717, 1.165) is 5.56 Å². The van der Waals surface area contributed by atoms with Crippen LogP contribution in [0.4, 0.5) is 4.39 Å². The zero-order valence-electron chi connectivity index (χ0n) is 9.28. The highest BCUT2D eigenvalue weighted by atomic mass is 79.9. The van der Waals surface area contributed by atoms with Crippen LogP contribution in [0.2, 0.25) is 0 Å². The molecule has 88 valence electrons. The fourth-order valence-corrected chi connectivity index (χ4v) is 1.84. The predicted octanol–water partition coefficient (Wildman–Crippen LogP) is 4.22. The summed E-state index contributed by atoms with van der Waals surface area (Å²) in [7, 11) is 0. The quantitative estimate of drug-likeness (QED) is 0.791. The summed E-state index contributed by atoms with van der Waals surface area (Å²) < 4.78 is 18.7. The number of rotatable bonds is 3. The van der Waals surface area contributed by atoms with Crippen molar-refractivity contribution in [2.75, 3.05) is 0 Å². The molecule has 0 bridgehead atoms. The Hall–Kier alpha value is -1.42. The van der Waals surface area contributed by atoms with Crippen molar-refractivity contribution in [2.45, 2.75) is 12.3 Å². The SMILES string of the molecule is Cc1cc(Oc2ncccc2CBr)ccc1F. The summed E-state index contributed by atoms with van der Waals surface area (Å²) >= 11 is 3.37. The molecule has 1 aromatic carbocycles. The molecule has 0 aliphatic rings. The van der Waals surface area contributed by atoms with Crippen molar-refractivity contribution in [3.05, 3.63) is 53.5 Å². The molecule has 4 heteroatoms. The highest BCUT2D eigenvalue weighted by Gasteiger charge is 2.06. The Morgan fingerprint density at radius 1 is 1.35 bits per heavy atom. The first-order chi connectivity index (χ1) is 8.20. The Morgan fingerprint density at radius 3 is 2.88 bits per heavy atom. The van der Waals surface area contributed by atoms with Crippen LogP contribution in [0.1, 0.15) is 11.1 Å². The molecule has 0 unspecified atom stereocenters. The van der Waals surface area contributed by atoms with Gasteiger partial charge in [-0.05, 0) is 36.8 Å². The Balaban J connectivity index is 2.28. The molecule has 2 nitrogen and oxygen atoms in total. The summed E-state index contributed by atoms with van der Waals surface area (Å²) in [5, 5.41) is 0.663. The molecule has 0 radical (unpaired) electrons. The zero-order valence-corrected chi connectivity index (χ0v) is 10.9. The number of aromatic nitrogens is 1. The fourth-order valence-electron chi connectivity index (χ4n) is 1.41. The summed E-state index contributed by atoms with van der Waals surface area (Å²) in [4.78, 5) is 4.15. The Kier molecular flexibility index (Phi) is 3.74. The summed E-state index contributed by atoms with van der Waals surface area (Å²) in [6.07, 6.45) is 1.66. The smallest absolute Gasteiger partial charge is 0.223 e. The maximum atomic E-state index is 13.1. The monoisotopic (exact) mass is 295 g/mol. The van der Waals surface area contributed by atoms with E-state index < -0.39 is 0 Å². The number of benzene rings is 1. The summed E-state index contributed by atoms with van der Waals surface area (Å²) in [6.45, 7) is 1.70. The van der Waals surface area contributed by atoms with Gasteiger partial charge in [0.05, 0.1) is 0 Å². The fraction of sp³-hybridized carbons (Fsp3) is 0.154. The minimum Gasteiger partial charge on any atom is -0.439 e. The second-order valence-electron chi connectivity index (χ2n) is 3.61. The van der Waals surface area contributed by atoms with Gasteiger partial charge >= 0.3 is 0 Å². The van der Waals surface area contributed by atoms with Gasteiger partial charge in [-0.3, -0.25) is 0 Å². The van der Waals surface area contributed by atoms with E-state index in [1.54, 1.807) is 25.3 Å². The summed E-state index contributed by atoms with van der Waals surface area (Å²) in [6, 6.07) is 8.41. The summed E-state index contributed by atoms with van der Waals surface area (Å²) in [5.74, 6) is 0.888. The lowest BCUT2D eigenvalue weighted by Gasteiger charge is -2.08. The Bertz CT molecular complexity index is 531. The van der Waals surface area contributed by atoms with E-state index in [-0.39, 0.29) is 5.82 Å². The number of halogens is 2. The predicted molar refractivity (Wildman–Crippen MR) is 68.1 cm³/mol. The lowest BCUT2D eigenvalue weighted by atomic mass is 10.2. The average molecular weight is 296 g/mol. The molecular formula is C13H11BrFNO. The van der Waals surface area contributed by atoms with Gasteiger partial charge in [0, 0.05) is 17.1 Å². The molecule has 1 aromatic heterocycles. The van der Waals surface area contributed by atoms with E-state index in [9.17, 15) is 4.39 Å². The van der Waals surface area contributed by atoms with Gasteiger partial charge in [-0.2, -0.15) is 0 Å². The first-order valence-electron chi connectivity index (χ1n) is 5.14. The van der Waals surface area contributed by atoms with E-state index in [0.29, 0.717) is 22.5 Å². The van der Waals surface area contributed by atoms with Crippen LogP contribution >= 0.6 is 15.9 Å². The molecule has 0 aliphatic heterocycles. The van der Waals surface area contributed by atoms with Gasteiger partial charge in [0.1, 0.15) is 11.6 Å². The molecule has 0 amide bonds. The normalized spacial score (nSPS) is 10.3. The molecular weight excluding hydrogens is 285 g/mol. The molecule has 0 saturated heterocycles. The topological polar surface area (TPSA) is 22.1 Å². The van der Waals surface area contributed by atoms with Crippen molar-refractivity contribution in [3.8, 4) is 11.6 Å². The Labute approximate surface area is 108 Å². The van der Waals surface area contributed by atoms with Gasteiger partial charge in [0.25, 0.3) is 0 Å². The average Bonchev–Trinajstić information content (AvgIpc) is 2.34. The van der Waals surface area contributed by atoms with Crippen molar-refractivity contribution in [2.24, 2.45) is 0 Å². The first-order valence-corrected chi connectivity index (χ1v) is 6.26. The van der Waals surface area contributed by atoms with Crippen LogP contribution < -0.4 is 4.74 Å². The van der Waals surface area contributed by atoms with Crippen molar-refractivity contribution < 1.29 is 9.13 Å². The number of alkyl halides is 1. The lowest BCUT2D eigenvalue weighted by Crippen LogP contribution is -1.93. The van der Waals surface area contributed by atoms with Crippen LogP contribution in [-0.2, 0) is 5.33 Å². The van der Waals surface area contributed by atoms with E-state index in [2.05, 4.69) is 20.9 Å². The number of hydrogen-bond acceptors (Lipinski definition) is 2. The van der Waals surface area contributed by atoms with Crippen LogP contribution in [0, 0.1) is 12.7 Å². The molecule has 0 aliphatic carbocycles. The van der Waals surface area contributed by atoms with Crippen molar-refractivity contribution in [3.63, 3.8) is 0 Å². The second kappa shape index (κ2) is 5.27. The van der Waals surface area contributed by atoms with Gasteiger partial charge in [-0.1, -0.05) is 22.0 Å². The Morgan fingerprint density at radius 2 is 2.18 bits per heavy atom. The third-order valence-corrected chi connectivity index (χ3v) is 2.94. The van der Waals surface area contributed by atoms with Crippen molar-refractivity contribution in [1.82, 2.24) is 4.98 Å². The van der Waals surface area contributed by atoms with Crippen LogP contribution in [0.15, 0.2) is 36.5 Å². The van der Waals surface area contributed by atoms with Crippen LogP contribution in [-0.4, -0.2) is 4.98 Å². The standard InChI is InChI=1S/C13H11BrFNO/c1-9-7-11(4-5-12(9)15)17-13-10(8-14)3-2-6-16-13/h2-7H,8H2,1H3. The van der Waals surface area contributed by atoms with E-state index >= 15 is 0 Å². The van der Waals surface area contributed by atoms with Gasteiger partial charge in [0.2, 0.25) is 5.88 Å².